The molecule has 148 valence electrons. The third-order valence-electron chi connectivity index (χ3n) is 4.89. The molecule has 7 nitrogen and oxygen atoms in total. The van der Waals surface area contributed by atoms with E-state index in [9.17, 15) is 4.79 Å². The number of amides is 1. The van der Waals surface area contributed by atoms with Crippen LogP contribution in [0.1, 0.15) is 23.7 Å². The van der Waals surface area contributed by atoms with Crippen molar-refractivity contribution in [1.29, 1.82) is 0 Å². The van der Waals surface area contributed by atoms with E-state index in [4.69, 9.17) is 4.52 Å². The fourth-order valence-electron chi connectivity index (χ4n) is 3.40. The maximum absolute atomic E-state index is 12.2. The van der Waals surface area contributed by atoms with Crippen LogP contribution in [0, 0.1) is 13.8 Å². The predicted octanol–water partition coefficient (Wildman–Crippen LogP) is 3.45. The second kappa shape index (κ2) is 8.26. The highest BCUT2D eigenvalue weighted by Crippen LogP contribution is 2.20. The highest BCUT2D eigenvalue weighted by molar-refractivity contribution is 5.77. The topological polar surface area (TPSA) is 85.8 Å². The summed E-state index contributed by atoms with van der Waals surface area (Å²) in [7, 11) is 0. The SMILES string of the molecule is Cc1ccccc1-c1noc(CC(=O)NCCCn2c(C)nc3ccccc32)n1. The van der Waals surface area contributed by atoms with Crippen LogP contribution in [0.15, 0.2) is 53.1 Å². The second-order valence-corrected chi connectivity index (χ2v) is 7.01. The maximum Gasteiger partial charge on any atom is 0.236 e. The number of hydrogen-bond acceptors (Lipinski definition) is 5. The summed E-state index contributed by atoms with van der Waals surface area (Å²) < 4.78 is 7.41. The standard InChI is InChI=1S/C22H23N5O2/c1-15-8-3-4-9-17(15)22-25-21(29-26-22)14-20(28)23-12-7-13-27-16(2)24-18-10-5-6-11-19(18)27/h3-6,8-11H,7,12-14H2,1-2H3,(H,23,28). The van der Waals surface area contributed by atoms with Crippen LogP contribution >= 0.6 is 0 Å². The summed E-state index contributed by atoms with van der Waals surface area (Å²) >= 11 is 0. The number of aryl methyl sites for hydroxylation is 3. The molecule has 4 aromatic rings. The van der Waals surface area contributed by atoms with Crippen molar-refractivity contribution in [2.45, 2.75) is 33.2 Å². The van der Waals surface area contributed by atoms with Crippen LogP contribution in [-0.2, 0) is 17.8 Å². The van der Waals surface area contributed by atoms with Crippen LogP contribution in [0.5, 0.6) is 0 Å². The first-order valence-electron chi connectivity index (χ1n) is 9.69. The number of benzene rings is 2. The van der Waals surface area contributed by atoms with Gasteiger partial charge in [0, 0.05) is 18.7 Å². The van der Waals surface area contributed by atoms with E-state index in [1.54, 1.807) is 0 Å². The molecule has 1 N–H and O–H groups in total. The third-order valence-corrected chi connectivity index (χ3v) is 4.89. The Labute approximate surface area is 168 Å². The van der Waals surface area contributed by atoms with Gasteiger partial charge in [0.25, 0.3) is 0 Å². The number of nitrogens with one attached hydrogen (secondary N) is 1. The van der Waals surface area contributed by atoms with Gasteiger partial charge in [0.2, 0.25) is 17.6 Å². The van der Waals surface area contributed by atoms with Crippen molar-refractivity contribution in [2.24, 2.45) is 0 Å². The number of para-hydroxylation sites is 2. The molecular weight excluding hydrogens is 366 g/mol. The molecule has 1 amide bonds. The fourth-order valence-corrected chi connectivity index (χ4v) is 3.40. The van der Waals surface area contributed by atoms with Crippen molar-refractivity contribution in [3.8, 4) is 11.4 Å². The quantitative estimate of drug-likeness (QED) is 0.489. The van der Waals surface area contributed by atoms with Gasteiger partial charge in [-0.05, 0) is 38.0 Å². The van der Waals surface area contributed by atoms with Crippen LogP contribution in [0.2, 0.25) is 0 Å². The van der Waals surface area contributed by atoms with E-state index in [0.717, 1.165) is 41.0 Å². The van der Waals surface area contributed by atoms with Crippen molar-refractivity contribution in [2.75, 3.05) is 6.54 Å². The molecule has 0 unspecified atom stereocenters. The van der Waals surface area contributed by atoms with E-state index < -0.39 is 0 Å². The van der Waals surface area contributed by atoms with Crippen molar-refractivity contribution in [1.82, 2.24) is 25.0 Å². The lowest BCUT2D eigenvalue weighted by Gasteiger charge is -2.07. The molecule has 0 aliphatic carbocycles. The van der Waals surface area contributed by atoms with Gasteiger partial charge in [0.1, 0.15) is 12.2 Å². The molecule has 0 aliphatic rings. The lowest BCUT2D eigenvalue weighted by molar-refractivity contribution is -0.120. The van der Waals surface area contributed by atoms with E-state index in [1.807, 2.05) is 56.3 Å². The minimum atomic E-state index is -0.128. The number of imidazole rings is 1. The Morgan fingerprint density at radius 3 is 2.72 bits per heavy atom. The molecule has 0 saturated heterocycles. The summed E-state index contributed by atoms with van der Waals surface area (Å²) in [5.41, 5.74) is 4.08. The Kier molecular flexibility index (Phi) is 5.37. The molecular formula is C22H23N5O2. The first kappa shape index (κ1) is 18.9. The van der Waals surface area contributed by atoms with Crippen LogP contribution in [0.25, 0.3) is 22.4 Å². The molecule has 7 heteroatoms. The fraction of sp³-hybridized carbons (Fsp3) is 0.273. The number of carbonyl (C=O) groups excluding carboxylic acids is 1. The van der Waals surface area contributed by atoms with Gasteiger partial charge in [-0.15, -0.1) is 0 Å². The summed E-state index contributed by atoms with van der Waals surface area (Å²) in [5, 5.41) is 6.91. The summed E-state index contributed by atoms with van der Waals surface area (Å²) in [6.45, 7) is 5.36. The Bertz CT molecular complexity index is 1150. The number of carbonyl (C=O) groups is 1. The monoisotopic (exact) mass is 389 g/mol. The Morgan fingerprint density at radius 2 is 1.86 bits per heavy atom. The number of aromatic nitrogens is 4. The normalized spacial score (nSPS) is 11.1. The number of rotatable bonds is 7. The summed E-state index contributed by atoms with van der Waals surface area (Å²) in [6, 6.07) is 15.9. The van der Waals surface area contributed by atoms with E-state index in [-0.39, 0.29) is 12.3 Å². The van der Waals surface area contributed by atoms with Crippen LogP contribution in [0.4, 0.5) is 0 Å². The molecule has 2 heterocycles. The molecule has 2 aromatic carbocycles. The summed E-state index contributed by atoms with van der Waals surface area (Å²) in [6.07, 6.45) is 0.886. The molecule has 0 saturated carbocycles. The van der Waals surface area contributed by atoms with Gasteiger partial charge in [-0.3, -0.25) is 4.79 Å². The van der Waals surface area contributed by atoms with Crippen LogP contribution in [-0.4, -0.2) is 32.1 Å². The first-order valence-corrected chi connectivity index (χ1v) is 9.69. The molecule has 0 aliphatic heterocycles. The molecule has 0 radical (unpaired) electrons. The van der Waals surface area contributed by atoms with Crippen molar-refractivity contribution in [3.05, 3.63) is 65.8 Å². The average molecular weight is 389 g/mol. The van der Waals surface area contributed by atoms with E-state index in [2.05, 4.69) is 31.1 Å². The zero-order valence-corrected chi connectivity index (χ0v) is 16.6. The Morgan fingerprint density at radius 1 is 1.07 bits per heavy atom. The van der Waals surface area contributed by atoms with Gasteiger partial charge in [0.15, 0.2) is 0 Å². The first-order chi connectivity index (χ1) is 14.1. The molecule has 0 bridgehead atoms. The summed E-state index contributed by atoms with van der Waals surface area (Å²) in [4.78, 5) is 21.1. The smallest absolute Gasteiger partial charge is 0.236 e. The Hall–Kier alpha value is -3.48. The van der Waals surface area contributed by atoms with Gasteiger partial charge in [0.05, 0.1) is 11.0 Å². The van der Waals surface area contributed by atoms with Gasteiger partial charge >= 0.3 is 0 Å². The average Bonchev–Trinajstić information content (AvgIpc) is 3.29. The van der Waals surface area contributed by atoms with E-state index >= 15 is 0 Å². The highest BCUT2D eigenvalue weighted by Gasteiger charge is 2.13. The zero-order valence-electron chi connectivity index (χ0n) is 16.6. The lowest BCUT2D eigenvalue weighted by Crippen LogP contribution is -2.27. The van der Waals surface area contributed by atoms with Gasteiger partial charge < -0.3 is 14.4 Å². The van der Waals surface area contributed by atoms with Gasteiger partial charge in [-0.1, -0.05) is 41.6 Å². The van der Waals surface area contributed by atoms with Crippen LogP contribution < -0.4 is 5.32 Å². The number of fused-ring (bicyclic) bond motifs is 1. The highest BCUT2D eigenvalue weighted by atomic mass is 16.5. The molecule has 0 fully saturated rings. The predicted molar refractivity (Wildman–Crippen MR) is 110 cm³/mol. The molecule has 2 aromatic heterocycles. The third kappa shape index (κ3) is 4.18. The number of nitrogens with zero attached hydrogens (tertiary/aromatic N) is 4. The number of hydrogen-bond donors (Lipinski definition) is 1. The van der Waals surface area contributed by atoms with Crippen molar-refractivity contribution < 1.29 is 9.32 Å². The molecule has 0 spiro atoms. The molecule has 4 rings (SSSR count). The molecule has 0 atom stereocenters. The molecule has 29 heavy (non-hydrogen) atoms. The zero-order chi connectivity index (χ0) is 20.2. The second-order valence-electron chi connectivity index (χ2n) is 7.01. The van der Waals surface area contributed by atoms with Gasteiger partial charge in [-0.2, -0.15) is 4.98 Å². The van der Waals surface area contributed by atoms with Crippen LogP contribution in [0.3, 0.4) is 0 Å². The van der Waals surface area contributed by atoms with Gasteiger partial charge in [-0.25, -0.2) is 4.98 Å². The van der Waals surface area contributed by atoms with E-state index in [1.165, 1.54) is 0 Å². The van der Waals surface area contributed by atoms with E-state index in [0.29, 0.717) is 18.3 Å². The Balaban J connectivity index is 1.29. The lowest BCUT2D eigenvalue weighted by atomic mass is 10.1. The largest absolute Gasteiger partial charge is 0.356 e. The van der Waals surface area contributed by atoms with Crippen molar-refractivity contribution in [3.63, 3.8) is 0 Å². The van der Waals surface area contributed by atoms with Crippen molar-refractivity contribution >= 4 is 16.9 Å². The maximum atomic E-state index is 12.2. The minimum absolute atomic E-state index is 0.0753. The summed E-state index contributed by atoms with van der Waals surface area (Å²) in [5.74, 6) is 1.68. The minimum Gasteiger partial charge on any atom is -0.356 e.